The molecule has 0 saturated carbocycles. The number of hydrogen-bond acceptors (Lipinski definition) is 5. The number of aromatic nitrogens is 3. The molecule has 24 heavy (non-hydrogen) atoms. The molecular formula is C17H12FN3O3. The van der Waals surface area contributed by atoms with Gasteiger partial charge in [0.15, 0.2) is 6.73 Å². The average Bonchev–Trinajstić information content (AvgIpc) is 2.61. The largest absolute Gasteiger partial charge is 0.439 e. The van der Waals surface area contributed by atoms with Gasteiger partial charge in [0.1, 0.15) is 11.3 Å². The quantitative estimate of drug-likeness (QED) is 0.543. The first-order valence-corrected chi connectivity index (χ1v) is 7.07. The predicted molar refractivity (Wildman–Crippen MR) is 85.3 cm³/mol. The number of ether oxygens (including phenoxy) is 1. The average molecular weight is 325 g/mol. The van der Waals surface area contributed by atoms with Crippen molar-refractivity contribution in [3.63, 3.8) is 0 Å². The lowest BCUT2D eigenvalue weighted by atomic mass is 10.2. The number of hydrogen-bond donors (Lipinski definition) is 0. The molecule has 0 aliphatic carbocycles. The molecule has 0 atom stereocenters. The molecule has 1 heterocycles. The lowest BCUT2D eigenvalue weighted by molar-refractivity contribution is -0.141. The summed E-state index contributed by atoms with van der Waals surface area (Å²) in [6.45, 7) is -0.378. The molecule has 0 spiro atoms. The van der Waals surface area contributed by atoms with Crippen LogP contribution in [-0.2, 0) is 16.3 Å². The van der Waals surface area contributed by atoms with Gasteiger partial charge in [-0.1, -0.05) is 35.5 Å². The molecule has 0 aliphatic heterocycles. The zero-order chi connectivity index (χ0) is 16.9. The van der Waals surface area contributed by atoms with Crippen LogP contribution in [0.15, 0.2) is 59.4 Å². The highest BCUT2D eigenvalue weighted by atomic mass is 19.1. The smallest absolute Gasteiger partial charge is 0.332 e. The van der Waals surface area contributed by atoms with E-state index in [2.05, 4.69) is 10.3 Å². The fourth-order valence-corrected chi connectivity index (χ4v) is 2.05. The zero-order valence-corrected chi connectivity index (χ0v) is 12.4. The first-order chi connectivity index (χ1) is 11.6. The minimum absolute atomic E-state index is 0.261. The lowest BCUT2D eigenvalue weighted by Gasteiger charge is -2.04. The van der Waals surface area contributed by atoms with E-state index in [4.69, 9.17) is 4.74 Å². The number of carbonyl (C=O) groups excluding carboxylic acids is 1. The molecule has 0 aliphatic rings. The minimum atomic E-state index is -0.722. The van der Waals surface area contributed by atoms with Crippen LogP contribution in [0.5, 0.6) is 0 Å². The van der Waals surface area contributed by atoms with Crippen molar-refractivity contribution in [2.75, 3.05) is 0 Å². The van der Waals surface area contributed by atoms with Crippen molar-refractivity contribution in [2.45, 2.75) is 6.73 Å². The van der Waals surface area contributed by atoms with Crippen molar-refractivity contribution in [3.05, 3.63) is 76.3 Å². The molecule has 0 unspecified atom stereocenters. The Morgan fingerprint density at radius 3 is 2.75 bits per heavy atom. The summed E-state index contributed by atoms with van der Waals surface area (Å²) in [6.07, 6.45) is 2.38. The summed E-state index contributed by atoms with van der Waals surface area (Å²) >= 11 is 0. The van der Waals surface area contributed by atoms with Crippen LogP contribution in [0.3, 0.4) is 0 Å². The third-order valence-electron chi connectivity index (χ3n) is 3.26. The molecule has 3 aromatic rings. The van der Waals surface area contributed by atoms with Crippen molar-refractivity contribution >= 4 is 22.9 Å². The molecule has 0 N–H and O–H groups in total. The fourth-order valence-electron chi connectivity index (χ4n) is 2.05. The van der Waals surface area contributed by atoms with Crippen LogP contribution < -0.4 is 5.56 Å². The Balaban J connectivity index is 1.70. The minimum Gasteiger partial charge on any atom is -0.439 e. The monoisotopic (exact) mass is 325 g/mol. The number of halogens is 1. The van der Waals surface area contributed by atoms with Gasteiger partial charge in [0, 0.05) is 11.6 Å². The lowest BCUT2D eigenvalue weighted by Crippen LogP contribution is -2.26. The number of carbonyl (C=O) groups is 1. The summed E-state index contributed by atoms with van der Waals surface area (Å²) in [5.41, 5.74) is 0.313. The summed E-state index contributed by atoms with van der Waals surface area (Å²) in [4.78, 5) is 23.8. The van der Waals surface area contributed by atoms with Gasteiger partial charge in [-0.15, -0.1) is 5.10 Å². The van der Waals surface area contributed by atoms with Crippen molar-refractivity contribution in [1.29, 1.82) is 0 Å². The van der Waals surface area contributed by atoms with Gasteiger partial charge < -0.3 is 4.74 Å². The van der Waals surface area contributed by atoms with E-state index < -0.39 is 17.3 Å². The molecular weight excluding hydrogens is 313 g/mol. The van der Waals surface area contributed by atoms with Crippen molar-refractivity contribution < 1.29 is 13.9 Å². The molecule has 0 bridgehead atoms. The molecule has 7 heteroatoms. The van der Waals surface area contributed by atoms with E-state index in [0.717, 1.165) is 10.8 Å². The Morgan fingerprint density at radius 1 is 1.17 bits per heavy atom. The van der Waals surface area contributed by atoms with Gasteiger partial charge in [0.2, 0.25) is 0 Å². The van der Waals surface area contributed by atoms with Gasteiger partial charge in [-0.05, 0) is 24.3 Å². The number of benzene rings is 2. The molecule has 0 amide bonds. The SMILES string of the molecule is O=C(C=Cc1ccccc1F)OCn1nnc2ccccc2c1=O. The highest BCUT2D eigenvalue weighted by molar-refractivity contribution is 5.87. The Kier molecular flexibility index (Phi) is 4.42. The Labute approximate surface area is 135 Å². The van der Waals surface area contributed by atoms with Crippen molar-refractivity contribution in [2.24, 2.45) is 0 Å². The Hall–Kier alpha value is -3.35. The number of rotatable bonds is 4. The van der Waals surface area contributed by atoms with Gasteiger partial charge in [-0.2, -0.15) is 4.68 Å². The highest BCUT2D eigenvalue weighted by Crippen LogP contribution is 2.08. The number of fused-ring (bicyclic) bond motifs is 1. The zero-order valence-electron chi connectivity index (χ0n) is 12.4. The van der Waals surface area contributed by atoms with Crippen molar-refractivity contribution in [1.82, 2.24) is 15.0 Å². The fraction of sp³-hybridized carbons (Fsp3) is 0.0588. The second kappa shape index (κ2) is 6.82. The van der Waals surface area contributed by atoms with Crippen LogP contribution >= 0.6 is 0 Å². The Bertz CT molecular complexity index is 982. The normalized spacial score (nSPS) is 11.0. The van der Waals surface area contributed by atoms with E-state index in [0.29, 0.717) is 10.9 Å². The Morgan fingerprint density at radius 2 is 1.92 bits per heavy atom. The molecule has 2 aromatic carbocycles. The first-order valence-electron chi connectivity index (χ1n) is 7.07. The molecule has 1 aromatic heterocycles. The summed E-state index contributed by atoms with van der Waals surface area (Å²) in [5.74, 6) is -1.17. The van der Waals surface area contributed by atoms with Crippen LogP contribution in [0.2, 0.25) is 0 Å². The molecule has 0 saturated heterocycles. The summed E-state index contributed by atoms with van der Waals surface area (Å²) in [5, 5.41) is 7.96. The van der Waals surface area contributed by atoms with Crippen LogP contribution in [0, 0.1) is 5.82 Å². The third kappa shape index (κ3) is 3.35. The predicted octanol–water partition coefficient (Wildman–Crippen LogP) is 2.14. The van der Waals surface area contributed by atoms with Gasteiger partial charge >= 0.3 is 5.97 Å². The van der Waals surface area contributed by atoms with E-state index in [1.807, 2.05) is 0 Å². The number of nitrogens with zero attached hydrogens (tertiary/aromatic N) is 3. The molecule has 0 radical (unpaired) electrons. The maximum atomic E-state index is 13.4. The molecule has 120 valence electrons. The standard InChI is InChI=1S/C17H12FN3O3/c18-14-7-3-1-5-12(14)9-10-16(22)24-11-21-17(23)13-6-2-4-8-15(13)19-20-21/h1-10H,11H2. The van der Waals surface area contributed by atoms with E-state index in [1.165, 1.54) is 18.2 Å². The summed E-state index contributed by atoms with van der Waals surface area (Å²) in [6, 6.07) is 12.7. The van der Waals surface area contributed by atoms with E-state index >= 15 is 0 Å². The third-order valence-corrected chi connectivity index (χ3v) is 3.26. The second-order valence-corrected chi connectivity index (χ2v) is 4.86. The van der Waals surface area contributed by atoms with Gasteiger partial charge in [-0.3, -0.25) is 4.79 Å². The van der Waals surface area contributed by atoms with E-state index in [-0.39, 0.29) is 12.3 Å². The van der Waals surface area contributed by atoms with Crippen LogP contribution in [0.1, 0.15) is 5.56 Å². The molecule has 0 fully saturated rings. The maximum Gasteiger partial charge on any atom is 0.332 e. The van der Waals surface area contributed by atoms with Crippen LogP contribution in [0.25, 0.3) is 17.0 Å². The van der Waals surface area contributed by atoms with Crippen LogP contribution in [0.4, 0.5) is 4.39 Å². The summed E-state index contributed by atoms with van der Waals surface area (Å²) in [7, 11) is 0. The van der Waals surface area contributed by atoms with Gasteiger partial charge in [-0.25, -0.2) is 9.18 Å². The molecule has 6 nitrogen and oxygen atoms in total. The maximum absolute atomic E-state index is 13.4. The molecule has 3 rings (SSSR count). The topological polar surface area (TPSA) is 74.1 Å². The first kappa shape index (κ1) is 15.5. The highest BCUT2D eigenvalue weighted by Gasteiger charge is 2.06. The number of esters is 1. The second-order valence-electron chi connectivity index (χ2n) is 4.86. The van der Waals surface area contributed by atoms with E-state index in [9.17, 15) is 14.0 Å². The van der Waals surface area contributed by atoms with Gasteiger partial charge in [0.05, 0.1) is 5.39 Å². The van der Waals surface area contributed by atoms with E-state index in [1.54, 1.807) is 36.4 Å². The summed E-state index contributed by atoms with van der Waals surface area (Å²) < 4.78 is 19.3. The van der Waals surface area contributed by atoms with Crippen molar-refractivity contribution in [3.8, 4) is 0 Å². The van der Waals surface area contributed by atoms with Gasteiger partial charge in [0.25, 0.3) is 5.56 Å². The van der Waals surface area contributed by atoms with Crippen LogP contribution in [-0.4, -0.2) is 21.0 Å².